The van der Waals surface area contributed by atoms with Gasteiger partial charge in [-0.2, -0.15) is 4.31 Å². The van der Waals surface area contributed by atoms with Crippen LogP contribution in [0.25, 0.3) is 10.1 Å². The molecule has 11 nitrogen and oxygen atoms in total. The Kier molecular flexibility index (Phi) is 8.43. The number of hydrogen-bond acceptors (Lipinski definition) is 9. The third kappa shape index (κ3) is 5.99. The fraction of sp³-hybridized carbons (Fsp3) is 0.462. The minimum Gasteiger partial charge on any atom is -0.369 e. The van der Waals surface area contributed by atoms with Crippen LogP contribution in [0, 0.1) is 0 Å². The minimum atomic E-state index is -4.10. The van der Waals surface area contributed by atoms with Gasteiger partial charge in [0.05, 0.1) is 18.2 Å². The molecule has 2 N–H and O–H groups in total. The van der Waals surface area contributed by atoms with Crippen molar-refractivity contribution in [3.63, 3.8) is 0 Å². The Hall–Kier alpha value is -2.62. The van der Waals surface area contributed by atoms with Crippen LogP contribution in [0.2, 0.25) is 5.02 Å². The molecule has 1 saturated heterocycles. The van der Waals surface area contributed by atoms with Crippen molar-refractivity contribution in [2.24, 2.45) is 5.73 Å². The lowest BCUT2D eigenvalue weighted by molar-refractivity contribution is -0.130. The van der Waals surface area contributed by atoms with Gasteiger partial charge in [-0.1, -0.05) is 17.7 Å². The summed E-state index contributed by atoms with van der Waals surface area (Å²) in [5, 5.41) is 1.40. The van der Waals surface area contributed by atoms with E-state index in [-0.39, 0.29) is 48.5 Å². The number of primary amides is 1. The van der Waals surface area contributed by atoms with Crippen LogP contribution in [-0.4, -0.2) is 103 Å². The number of aromatic nitrogens is 1. The quantitative estimate of drug-likeness (QED) is 0.418. The lowest BCUT2D eigenvalue weighted by atomic mass is 10.1. The number of amides is 3. The fourth-order valence-electron chi connectivity index (χ4n) is 5.18. The van der Waals surface area contributed by atoms with Crippen molar-refractivity contribution in [3.05, 3.63) is 44.4 Å². The normalized spacial score (nSPS) is 18.4. The zero-order chi connectivity index (χ0) is 29.6. The van der Waals surface area contributed by atoms with Gasteiger partial charge in [-0.25, -0.2) is 13.4 Å². The molecule has 0 radical (unpaired) electrons. The molecular formula is C26H31ClN6O5S3. The van der Waals surface area contributed by atoms with E-state index in [0.717, 1.165) is 41.4 Å². The van der Waals surface area contributed by atoms with Gasteiger partial charge >= 0.3 is 0 Å². The number of benzene rings is 1. The number of hydrogen-bond donors (Lipinski definition) is 1. The average Bonchev–Trinajstić information content (AvgIpc) is 3.49. The molecule has 4 heterocycles. The molecule has 1 fully saturated rings. The van der Waals surface area contributed by atoms with Gasteiger partial charge in [-0.05, 0) is 24.6 Å². The van der Waals surface area contributed by atoms with E-state index >= 15 is 0 Å². The van der Waals surface area contributed by atoms with Gasteiger partial charge in [0.25, 0.3) is 15.9 Å². The molecule has 2 aliphatic rings. The maximum atomic E-state index is 14.1. The van der Waals surface area contributed by atoms with Crippen LogP contribution >= 0.6 is 34.3 Å². The minimum absolute atomic E-state index is 0.0164. The van der Waals surface area contributed by atoms with Crippen LogP contribution in [0.5, 0.6) is 0 Å². The van der Waals surface area contributed by atoms with Crippen molar-refractivity contribution in [2.45, 2.75) is 36.1 Å². The molecule has 1 aromatic carbocycles. The summed E-state index contributed by atoms with van der Waals surface area (Å²) in [6.07, 6.45) is 0.466. The second-order valence-electron chi connectivity index (χ2n) is 10.5. The van der Waals surface area contributed by atoms with Crippen LogP contribution in [0.15, 0.2) is 22.4 Å². The monoisotopic (exact) mass is 638 g/mol. The highest BCUT2D eigenvalue weighted by molar-refractivity contribution is 7.91. The molecule has 41 heavy (non-hydrogen) atoms. The molecule has 3 aromatic rings. The standard InChI is InChI=1S/C26H31ClN6O5S3/c1-30(2)23(35)11-16-13-32(8-9-33(16)25(36)24-29-19-6-7-31(3)14-21(19)39-24)41(37,38)26-18(12-22(28)34)17-5-4-15(27)10-20(17)40-26/h4-5,10,16H,6-9,11-14H2,1-3H3,(H2,28,34). The molecule has 3 amide bonds. The molecule has 15 heteroatoms. The van der Waals surface area contributed by atoms with Crippen molar-refractivity contribution < 1.29 is 22.8 Å². The lowest BCUT2D eigenvalue weighted by Crippen LogP contribution is -2.57. The summed E-state index contributed by atoms with van der Waals surface area (Å²) in [7, 11) is 1.16. The second kappa shape index (κ2) is 11.6. The van der Waals surface area contributed by atoms with Gasteiger partial charge < -0.3 is 20.4 Å². The number of thiazole rings is 1. The number of carbonyl (C=O) groups excluding carboxylic acids is 3. The van der Waals surface area contributed by atoms with Gasteiger partial charge in [0.1, 0.15) is 4.21 Å². The van der Waals surface area contributed by atoms with Crippen LogP contribution in [0.1, 0.15) is 32.4 Å². The Balaban J connectivity index is 1.47. The molecule has 1 atom stereocenters. The summed E-state index contributed by atoms with van der Waals surface area (Å²) >= 11 is 8.54. The van der Waals surface area contributed by atoms with E-state index in [9.17, 15) is 22.8 Å². The Morgan fingerprint density at radius 2 is 1.93 bits per heavy atom. The third-order valence-corrected chi connectivity index (χ3v) is 12.3. The van der Waals surface area contributed by atoms with Gasteiger partial charge in [0.15, 0.2) is 5.01 Å². The van der Waals surface area contributed by atoms with E-state index in [0.29, 0.717) is 25.7 Å². The molecule has 220 valence electrons. The molecular weight excluding hydrogens is 608 g/mol. The maximum Gasteiger partial charge on any atom is 0.283 e. The summed E-state index contributed by atoms with van der Waals surface area (Å²) in [4.78, 5) is 49.3. The summed E-state index contributed by atoms with van der Waals surface area (Å²) in [6, 6.07) is 4.28. The van der Waals surface area contributed by atoms with E-state index in [2.05, 4.69) is 9.88 Å². The number of nitrogens with two attached hydrogens (primary N) is 1. The molecule has 0 spiro atoms. The first-order valence-corrected chi connectivity index (χ1v) is 16.5. The lowest BCUT2D eigenvalue weighted by Gasteiger charge is -2.40. The number of piperazine rings is 1. The van der Waals surface area contributed by atoms with Crippen LogP contribution in [0.4, 0.5) is 0 Å². The van der Waals surface area contributed by atoms with Crippen LogP contribution in [-0.2, 0) is 39.0 Å². The Morgan fingerprint density at radius 1 is 1.17 bits per heavy atom. The summed E-state index contributed by atoms with van der Waals surface area (Å²) in [5.74, 6) is -1.18. The Labute approximate surface area is 251 Å². The van der Waals surface area contributed by atoms with Gasteiger partial charge in [-0.15, -0.1) is 22.7 Å². The number of likely N-dealkylation sites (N-methyl/N-ethyl adjacent to an activating group) is 1. The molecule has 0 aliphatic carbocycles. The smallest absolute Gasteiger partial charge is 0.283 e. The SMILES string of the molecule is CN1CCc2nc(C(=O)N3CCN(S(=O)(=O)c4sc5cc(Cl)ccc5c4CC(N)=O)CC3CC(=O)N(C)C)sc2C1. The van der Waals surface area contributed by atoms with E-state index in [4.69, 9.17) is 17.3 Å². The second-order valence-corrected chi connectivity index (χ2v) is 15.2. The third-order valence-electron chi connectivity index (χ3n) is 7.36. The number of halogens is 1. The predicted octanol–water partition coefficient (Wildman–Crippen LogP) is 2.02. The highest BCUT2D eigenvalue weighted by atomic mass is 35.5. The van der Waals surface area contributed by atoms with Gasteiger partial charge in [-0.3, -0.25) is 14.4 Å². The largest absolute Gasteiger partial charge is 0.369 e. The highest BCUT2D eigenvalue weighted by Crippen LogP contribution is 2.39. The number of thiophene rings is 1. The number of nitrogens with zero attached hydrogens (tertiary/aromatic N) is 5. The average molecular weight is 639 g/mol. The number of rotatable bonds is 7. The number of sulfonamides is 1. The first kappa shape index (κ1) is 29.9. The summed E-state index contributed by atoms with van der Waals surface area (Å²) in [6.45, 7) is 1.63. The zero-order valence-electron chi connectivity index (χ0n) is 22.9. The highest BCUT2D eigenvalue weighted by Gasteiger charge is 2.40. The van der Waals surface area contributed by atoms with Crippen molar-refractivity contribution in [2.75, 3.05) is 47.3 Å². The van der Waals surface area contributed by atoms with E-state index < -0.39 is 22.0 Å². The Morgan fingerprint density at radius 3 is 2.63 bits per heavy atom. The topological polar surface area (TPSA) is 137 Å². The fourth-order valence-corrected chi connectivity index (χ4v) is 9.98. The Bertz CT molecular complexity index is 1640. The first-order chi connectivity index (χ1) is 19.3. The van der Waals surface area contributed by atoms with Crippen LogP contribution in [0.3, 0.4) is 0 Å². The zero-order valence-corrected chi connectivity index (χ0v) is 26.1. The summed E-state index contributed by atoms with van der Waals surface area (Å²) < 4.78 is 30.0. The van der Waals surface area contributed by atoms with Crippen LogP contribution < -0.4 is 5.73 Å². The van der Waals surface area contributed by atoms with E-state index in [1.54, 1.807) is 37.2 Å². The van der Waals surface area contributed by atoms with Gasteiger partial charge in [0.2, 0.25) is 11.8 Å². The van der Waals surface area contributed by atoms with Crippen molar-refractivity contribution >= 4 is 72.1 Å². The number of fused-ring (bicyclic) bond motifs is 2. The molecule has 1 unspecified atom stereocenters. The predicted molar refractivity (Wildman–Crippen MR) is 159 cm³/mol. The van der Waals surface area contributed by atoms with Gasteiger partial charge in [0, 0.05) is 79.8 Å². The van der Waals surface area contributed by atoms with E-state index in [1.165, 1.54) is 20.5 Å². The van der Waals surface area contributed by atoms with Crippen molar-refractivity contribution in [1.29, 1.82) is 0 Å². The maximum absolute atomic E-state index is 14.1. The number of carbonyl (C=O) groups is 3. The molecule has 0 bridgehead atoms. The first-order valence-electron chi connectivity index (χ1n) is 13.0. The van der Waals surface area contributed by atoms with E-state index in [1.807, 2.05) is 7.05 Å². The van der Waals surface area contributed by atoms with Crippen molar-refractivity contribution in [1.82, 2.24) is 24.0 Å². The summed E-state index contributed by atoms with van der Waals surface area (Å²) in [5.41, 5.74) is 6.74. The molecule has 5 rings (SSSR count). The molecule has 2 aliphatic heterocycles. The van der Waals surface area contributed by atoms with Crippen molar-refractivity contribution in [3.8, 4) is 0 Å². The molecule has 0 saturated carbocycles. The molecule has 2 aromatic heterocycles.